The summed E-state index contributed by atoms with van der Waals surface area (Å²) in [4.78, 5) is 30.3. The first kappa shape index (κ1) is 19.8. The predicted molar refractivity (Wildman–Crippen MR) is 117 cm³/mol. The number of hydrogen-bond acceptors (Lipinski definition) is 6. The summed E-state index contributed by atoms with van der Waals surface area (Å²) < 4.78 is 0. The van der Waals surface area contributed by atoms with Crippen molar-refractivity contribution in [2.75, 3.05) is 31.1 Å². The number of thiazole rings is 1. The van der Waals surface area contributed by atoms with Crippen molar-refractivity contribution in [1.29, 1.82) is 0 Å². The van der Waals surface area contributed by atoms with Gasteiger partial charge in [-0.3, -0.25) is 4.79 Å². The molecule has 0 aliphatic carbocycles. The molecular formula is C21H22ClN5OS. The second kappa shape index (κ2) is 8.47. The number of carbonyl (C=O) groups is 1. The van der Waals surface area contributed by atoms with Crippen LogP contribution in [0.4, 0.5) is 5.82 Å². The second-order valence-corrected chi connectivity index (χ2v) is 8.35. The first-order valence-corrected chi connectivity index (χ1v) is 10.8. The summed E-state index contributed by atoms with van der Waals surface area (Å²) in [7, 11) is 0. The van der Waals surface area contributed by atoms with Gasteiger partial charge in [0.25, 0.3) is 0 Å². The van der Waals surface area contributed by atoms with E-state index in [4.69, 9.17) is 11.6 Å². The lowest BCUT2D eigenvalue weighted by Gasteiger charge is -2.35. The Hall–Kier alpha value is -2.51. The predicted octanol–water partition coefficient (Wildman–Crippen LogP) is 3.76. The fraction of sp³-hybridized carbons (Fsp3) is 0.333. The van der Waals surface area contributed by atoms with E-state index < -0.39 is 0 Å². The number of rotatable bonds is 4. The van der Waals surface area contributed by atoms with Crippen molar-refractivity contribution in [2.45, 2.75) is 20.3 Å². The summed E-state index contributed by atoms with van der Waals surface area (Å²) in [6.07, 6.45) is 0.312. The quantitative estimate of drug-likeness (QED) is 0.634. The van der Waals surface area contributed by atoms with Crippen molar-refractivity contribution < 1.29 is 4.79 Å². The standard InChI is InChI=1S/C21H22ClN5OS/c1-14-11-19(24-15(2)23-14)26-7-9-27(10-8-26)20(28)12-16-13-29-21(25-16)17-5-3-4-6-18(17)22/h3-6,11,13H,7-10,12H2,1-2H3. The third kappa shape index (κ3) is 4.57. The third-order valence-corrected chi connectivity index (χ3v) is 6.15. The fourth-order valence-electron chi connectivity index (χ4n) is 3.46. The second-order valence-electron chi connectivity index (χ2n) is 7.08. The Morgan fingerprint density at radius 2 is 1.86 bits per heavy atom. The van der Waals surface area contributed by atoms with Crippen molar-refractivity contribution in [3.63, 3.8) is 0 Å². The normalized spacial score (nSPS) is 14.3. The molecule has 0 atom stereocenters. The Bertz CT molecular complexity index is 1010. The van der Waals surface area contributed by atoms with Crippen LogP contribution in [0.25, 0.3) is 10.6 Å². The Morgan fingerprint density at radius 3 is 2.59 bits per heavy atom. The lowest BCUT2D eigenvalue weighted by atomic mass is 10.2. The van der Waals surface area contributed by atoms with Gasteiger partial charge in [0.1, 0.15) is 16.6 Å². The maximum atomic E-state index is 12.8. The molecule has 1 aliphatic rings. The van der Waals surface area contributed by atoms with Gasteiger partial charge in [0.15, 0.2) is 0 Å². The van der Waals surface area contributed by atoms with Gasteiger partial charge in [-0.1, -0.05) is 29.8 Å². The molecule has 29 heavy (non-hydrogen) atoms. The zero-order valence-electron chi connectivity index (χ0n) is 16.4. The average molecular weight is 428 g/mol. The molecule has 1 aliphatic heterocycles. The van der Waals surface area contributed by atoms with Gasteiger partial charge < -0.3 is 9.80 Å². The zero-order valence-corrected chi connectivity index (χ0v) is 18.0. The number of carbonyl (C=O) groups excluding carboxylic acids is 1. The summed E-state index contributed by atoms with van der Waals surface area (Å²) in [5.41, 5.74) is 2.66. The summed E-state index contributed by atoms with van der Waals surface area (Å²) in [5.74, 6) is 1.82. The number of benzene rings is 1. The lowest BCUT2D eigenvalue weighted by Crippen LogP contribution is -2.49. The van der Waals surface area contributed by atoms with E-state index in [0.29, 0.717) is 24.5 Å². The van der Waals surface area contributed by atoms with Gasteiger partial charge in [0.05, 0.1) is 17.1 Å². The largest absolute Gasteiger partial charge is 0.353 e. The summed E-state index contributed by atoms with van der Waals surface area (Å²) in [5, 5.41) is 3.46. The summed E-state index contributed by atoms with van der Waals surface area (Å²) >= 11 is 7.77. The van der Waals surface area contributed by atoms with E-state index in [1.54, 1.807) is 0 Å². The molecule has 0 radical (unpaired) electrons. The van der Waals surface area contributed by atoms with E-state index in [1.165, 1.54) is 11.3 Å². The molecule has 150 valence electrons. The topological polar surface area (TPSA) is 62.2 Å². The minimum Gasteiger partial charge on any atom is -0.353 e. The molecule has 1 saturated heterocycles. The van der Waals surface area contributed by atoms with E-state index in [1.807, 2.05) is 54.5 Å². The van der Waals surface area contributed by atoms with Crippen LogP contribution in [0.2, 0.25) is 5.02 Å². The molecule has 0 bridgehead atoms. The highest BCUT2D eigenvalue weighted by molar-refractivity contribution is 7.13. The summed E-state index contributed by atoms with van der Waals surface area (Å²) in [6.45, 7) is 6.78. The molecule has 3 heterocycles. The molecule has 0 unspecified atom stereocenters. The van der Waals surface area contributed by atoms with Crippen LogP contribution in [-0.4, -0.2) is 51.9 Å². The minimum atomic E-state index is 0.107. The van der Waals surface area contributed by atoms with E-state index in [9.17, 15) is 4.79 Å². The lowest BCUT2D eigenvalue weighted by molar-refractivity contribution is -0.130. The highest BCUT2D eigenvalue weighted by Gasteiger charge is 2.23. The molecule has 1 fully saturated rings. The van der Waals surface area contributed by atoms with Crippen LogP contribution in [0.3, 0.4) is 0 Å². The molecule has 8 heteroatoms. The molecule has 0 spiro atoms. The van der Waals surface area contributed by atoms with Gasteiger partial charge in [-0.2, -0.15) is 0 Å². The van der Waals surface area contributed by atoms with E-state index in [-0.39, 0.29) is 5.91 Å². The molecule has 0 N–H and O–H groups in total. The zero-order chi connectivity index (χ0) is 20.4. The monoisotopic (exact) mass is 427 g/mol. The van der Waals surface area contributed by atoms with Crippen LogP contribution < -0.4 is 4.90 Å². The van der Waals surface area contributed by atoms with Crippen LogP contribution in [0, 0.1) is 13.8 Å². The average Bonchev–Trinajstić information content (AvgIpc) is 3.16. The number of hydrogen-bond donors (Lipinski definition) is 0. The number of amides is 1. The first-order chi connectivity index (χ1) is 14.0. The Kier molecular flexibility index (Phi) is 5.78. The SMILES string of the molecule is Cc1cc(N2CCN(C(=O)Cc3csc(-c4ccccc4Cl)n3)CC2)nc(C)n1. The molecule has 3 aromatic rings. The molecular weight excluding hydrogens is 406 g/mol. The third-order valence-electron chi connectivity index (χ3n) is 4.90. The highest BCUT2D eigenvalue weighted by Crippen LogP contribution is 2.30. The van der Waals surface area contributed by atoms with Crippen LogP contribution >= 0.6 is 22.9 Å². The van der Waals surface area contributed by atoms with Crippen LogP contribution in [0.5, 0.6) is 0 Å². The Morgan fingerprint density at radius 1 is 1.10 bits per heavy atom. The maximum absolute atomic E-state index is 12.8. The number of piperazine rings is 1. The Labute approximate surface area is 179 Å². The number of halogens is 1. The van der Waals surface area contributed by atoms with Gasteiger partial charge in [-0.25, -0.2) is 15.0 Å². The summed E-state index contributed by atoms with van der Waals surface area (Å²) in [6, 6.07) is 9.63. The van der Waals surface area contributed by atoms with Gasteiger partial charge in [-0.05, 0) is 19.9 Å². The van der Waals surface area contributed by atoms with Crippen molar-refractivity contribution in [2.24, 2.45) is 0 Å². The van der Waals surface area contributed by atoms with Crippen molar-refractivity contribution in [3.05, 3.63) is 57.9 Å². The number of nitrogens with zero attached hydrogens (tertiary/aromatic N) is 5. The molecule has 1 aromatic carbocycles. The minimum absolute atomic E-state index is 0.107. The van der Waals surface area contributed by atoms with Crippen LogP contribution in [0.15, 0.2) is 35.7 Å². The first-order valence-electron chi connectivity index (χ1n) is 9.54. The van der Waals surface area contributed by atoms with Gasteiger partial charge in [-0.15, -0.1) is 11.3 Å². The van der Waals surface area contributed by atoms with Gasteiger partial charge in [0.2, 0.25) is 5.91 Å². The van der Waals surface area contributed by atoms with E-state index in [2.05, 4.69) is 19.9 Å². The van der Waals surface area contributed by atoms with Crippen LogP contribution in [-0.2, 0) is 11.2 Å². The number of aryl methyl sites for hydroxylation is 2. The van der Waals surface area contributed by atoms with Gasteiger partial charge in [0, 0.05) is 48.9 Å². The number of anilines is 1. The molecule has 4 rings (SSSR count). The van der Waals surface area contributed by atoms with Crippen molar-refractivity contribution >= 4 is 34.7 Å². The number of aromatic nitrogens is 3. The van der Waals surface area contributed by atoms with E-state index in [0.717, 1.165) is 46.7 Å². The molecule has 0 saturated carbocycles. The van der Waals surface area contributed by atoms with E-state index >= 15 is 0 Å². The Balaban J connectivity index is 1.36. The van der Waals surface area contributed by atoms with Crippen LogP contribution in [0.1, 0.15) is 17.2 Å². The maximum Gasteiger partial charge on any atom is 0.228 e. The highest BCUT2D eigenvalue weighted by atomic mass is 35.5. The molecule has 6 nitrogen and oxygen atoms in total. The molecule has 1 amide bonds. The fourth-order valence-corrected chi connectivity index (χ4v) is 4.60. The molecule has 2 aromatic heterocycles. The van der Waals surface area contributed by atoms with Gasteiger partial charge >= 0.3 is 0 Å². The smallest absolute Gasteiger partial charge is 0.228 e. The van der Waals surface area contributed by atoms with Crippen molar-refractivity contribution in [1.82, 2.24) is 19.9 Å². The van der Waals surface area contributed by atoms with Crippen molar-refractivity contribution in [3.8, 4) is 10.6 Å².